The first-order valence-corrected chi connectivity index (χ1v) is 6.98. The molecule has 1 aliphatic carbocycles. The Kier molecular flexibility index (Phi) is 4.85. The van der Waals surface area contributed by atoms with Crippen LogP contribution < -0.4 is 0 Å². The van der Waals surface area contributed by atoms with Crippen LogP contribution in [0.15, 0.2) is 42.1 Å². The van der Waals surface area contributed by atoms with E-state index in [1.807, 2.05) is 12.1 Å². The maximum atomic E-state index is 9.27. The number of ether oxygens (including phenoxy) is 1. The van der Waals surface area contributed by atoms with Crippen LogP contribution in [0.1, 0.15) is 25.3 Å². The number of nitrogens with zero attached hydrogens (tertiary/aromatic N) is 1. The van der Waals surface area contributed by atoms with E-state index in [2.05, 4.69) is 37.2 Å². The number of hydrogen-bond acceptors (Lipinski definition) is 3. The number of benzene rings is 1. The van der Waals surface area contributed by atoms with Crippen LogP contribution in [0.3, 0.4) is 0 Å². The molecule has 0 aromatic heterocycles. The lowest BCUT2D eigenvalue weighted by atomic mass is 9.92. The topological polar surface area (TPSA) is 32.7 Å². The predicted octanol–water partition coefficient (Wildman–Crippen LogP) is 3.42. The summed E-state index contributed by atoms with van der Waals surface area (Å²) in [5, 5.41) is 9.27. The van der Waals surface area contributed by atoms with Crippen LogP contribution >= 0.6 is 0 Å². The summed E-state index contributed by atoms with van der Waals surface area (Å²) in [6, 6.07) is 7.60. The fourth-order valence-electron chi connectivity index (χ4n) is 2.56. The summed E-state index contributed by atoms with van der Waals surface area (Å²) in [6.07, 6.45) is 8.76. The normalized spacial score (nSPS) is 22.9. The van der Waals surface area contributed by atoms with Crippen molar-refractivity contribution >= 4 is 6.08 Å². The van der Waals surface area contributed by atoms with Gasteiger partial charge in [0.05, 0.1) is 12.1 Å². The van der Waals surface area contributed by atoms with E-state index >= 15 is 0 Å². The van der Waals surface area contributed by atoms with Gasteiger partial charge in [-0.2, -0.15) is 0 Å². The maximum absolute atomic E-state index is 9.27. The first kappa shape index (κ1) is 14.7. The Bertz CT molecular complexity index is 490. The van der Waals surface area contributed by atoms with Crippen molar-refractivity contribution in [2.24, 2.45) is 0 Å². The highest BCUT2D eigenvalue weighted by Gasteiger charge is 2.23. The molecule has 2 rings (SSSR count). The van der Waals surface area contributed by atoms with Crippen LogP contribution in [0.25, 0.3) is 6.08 Å². The quantitative estimate of drug-likeness (QED) is 0.853. The number of phenolic OH excluding ortho intramolecular Hbond substituents is 1. The predicted molar refractivity (Wildman–Crippen MR) is 82.5 cm³/mol. The molecule has 1 aromatic rings. The van der Waals surface area contributed by atoms with Crippen molar-refractivity contribution in [3.63, 3.8) is 0 Å². The first-order valence-electron chi connectivity index (χ1n) is 6.98. The largest absolute Gasteiger partial charge is 0.508 e. The first-order chi connectivity index (χ1) is 9.60. The summed E-state index contributed by atoms with van der Waals surface area (Å²) in [7, 11) is 3.87. The number of rotatable bonds is 4. The minimum absolute atomic E-state index is 0.296. The van der Waals surface area contributed by atoms with Crippen LogP contribution in [-0.4, -0.2) is 36.3 Å². The van der Waals surface area contributed by atoms with Gasteiger partial charge in [0.25, 0.3) is 0 Å². The van der Waals surface area contributed by atoms with Crippen LogP contribution in [0.4, 0.5) is 0 Å². The van der Waals surface area contributed by atoms with E-state index in [9.17, 15) is 5.11 Å². The van der Waals surface area contributed by atoms with Gasteiger partial charge in [-0.05, 0) is 49.7 Å². The van der Waals surface area contributed by atoms with Gasteiger partial charge in [0.15, 0.2) is 0 Å². The molecule has 1 aliphatic rings. The third-order valence-corrected chi connectivity index (χ3v) is 3.93. The van der Waals surface area contributed by atoms with Gasteiger partial charge in [-0.1, -0.05) is 23.8 Å². The second kappa shape index (κ2) is 6.62. The Labute approximate surface area is 121 Å². The van der Waals surface area contributed by atoms with Crippen molar-refractivity contribution < 1.29 is 9.84 Å². The molecule has 1 N–H and O–H groups in total. The van der Waals surface area contributed by atoms with Crippen molar-refractivity contribution in [1.82, 2.24) is 4.90 Å². The number of aromatic hydroxyl groups is 1. The average molecular weight is 273 g/mol. The Hall–Kier alpha value is -1.74. The fourth-order valence-corrected chi connectivity index (χ4v) is 2.56. The number of phenols is 1. The lowest BCUT2D eigenvalue weighted by molar-refractivity contribution is 0.0756. The molecule has 108 valence electrons. The van der Waals surface area contributed by atoms with E-state index < -0.39 is 0 Å². The highest BCUT2D eigenvalue weighted by Crippen LogP contribution is 2.24. The van der Waals surface area contributed by atoms with Crippen LogP contribution in [-0.2, 0) is 4.74 Å². The molecule has 3 heteroatoms. The third kappa shape index (κ3) is 3.64. The highest BCUT2D eigenvalue weighted by atomic mass is 16.5. The van der Waals surface area contributed by atoms with Crippen LogP contribution in [0.5, 0.6) is 5.75 Å². The molecule has 0 radical (unpaired) electrons. The molecule has 2 atom stereocenters. The highest BCUT2D eigenvalue weighted by molar-refractivity contribution is 5.50. The monoisotopic (exact) mass is 273 g/mol. The average Bonchev–Trinajstić information content (AvgIpc) is 2.47. The minimum atomic E-state index is 0.296. The molecule has 0 aliphatic heterocycles. The van der Waals surface area contributed by atoms with Gasteiger partial charge in [0, 0.05) is 14.2 Å². The molecule has 0 amide bonds. The van der Waals surface area contributed by atoms with Crippen molar-refractivity contribution in [1.29, 1.82) is 0 Å². The molecule has 0 fully saturated rings. The molecule has 2 unspecified atom stereocenters. The van der Waals surface area contributed by atoms with Crippen molar-refractivity contribution in [2.75, 3.05) is 14.2 Å². The molecule has 1 aromatic carbocycles. The Balaban J connectivity index is 2.03. The molecular weight excluding hydrogens is 250 g/mol. The summed E-state index contributed by atoms with van der Waals surface area (Å²) >= 11 is 0. The Morgan fingerprint density at radius 3 is 2.65 bits per heavy atom. The van der Waals surface area contributed by atoms with Gasteiger partial charge in [-0.25, -0.2) is 0 Å². The minimum Gasteiger partial charge on any atom is -0.508 e. The van der Waals surface area contributed by atoms with Gasteiger partial charge in [0.2, 0.25) is 0 Å². The van der Waals surface area contributed by atoms with E-state index in [1.165, 1.54) is 5.57 Å². The summed E-state index contributed by atoms with van der Waals surface area (Å²) in [5.41, 5.74) is 2.48. The lowest BCUT2D eigenvalue weighted by Crippen LogP contribution is -2.35. The van der Waals surface area contributed by atoms with Gasteiger partial charge < -0.3 is 14.7 Å². The van der Waals surface area contributed by atoms with Crippen molar-refractivity contribution in [3.05, 3.63) is 47.7 Å². The van der Waals surface area contributed by atoms with Gasteiger partial charge >= 0.3 is 0 Å². The second-order valence-corrected chi connectivity index (χ2v) is 5.37. The SMILES string of the molecule is COC1CC=C(C)C(N(C)C=Cc2ccc(O)cc2)C1. The Morgan fingerprint density at radius 2 is 2.00 bits per heavy atom. The summed E-state index contributed by atoms with van der Waals surface area (Å²) in [4.78, 5) is 2.23. The van der Waals surface area contributed by atoms with Crippen molar-refractivity contribution in [2.45, 2.75) is 31.9 Å². The second-order valence-electron chi connectivity index (χ2n) is 5.37. The molecule has 0 heterocycles. The molecule has 20 heavy (non-hydrogen) atoms. The van der Waals surface area contributed by atoms with Gasteiger partial charge in [0.1, 0.15) is 5.75 Å². The molecule has 0 spiro atoms. The van der Waals surface area contributed by atoms with E-state index in [-0.39, 0.29) is 0 Å². The maximum Gasteiger partial charge on any atom is 0.115 e. The summed E-state index contributed by atoms with van der Waals surface area (Å²) < 4.78 is 5.47. The third-order valence-electron chi connectivity index (χ3n) is 3.93. The zero-order valence-corrected chi connectivity index (χ0v) is 12.4. The molecule has 0 saturated heterocycles. The lowest BCUT2D eigenvalue weighted by Gasteiger charge is -2.34. The van der Waals surface area contributed by atoms with E-state index in [0.717, 1.165) is 18.4 Å². The number of methoxy groups -OCH3 is 1. The van der Waals surface area contributed by atoms with E-state index in [0.29, 0.717) is 17.9 Å². The smallest absolute Gasteiger partial charge is 0.115 e. The number of likely N-dealkylation sites (N-methyl/N-ethyl adjacent to an activating group) is 1. The van der Waals surface area contributed by atoms with Crippen molar-refractivity contribution in [3.8, 4) is 5.75 Å². The Morgan fingerprint density at radius 1 is 1.30 bits per heavy atom. The van der Waals surface area contributed by atoms with Gasteiger partial charge in [-0.15, -0.1) is 0 Å². The summed E-state index contributed by atoms with van der Waals surface area (Å²) in [5.74, 6) is 0.296. The molecule has 0 saturated carbocycles. The number of hydrogen-bond donors (Lipinski definition) is 1. The zero-order chi connectivity index (χ0) is 14.5. The van der Waals surface area contributed by atoms with Crippen LogP contribution in [0.2, 0.25) is 0 Å². The van der Waals surface area contributed by atoms with E-state index in [1.54, 1.807) is 19.2 Å². The van der Waals surface area contributed by atoms with E-state index in [4.69, 9.17) is 4.74 Å². The standard InChI is InChI=1S/C17H23NO2/c1-13-4-9-16(20-3)12-17(13)18(2)11-10-14-5-7-15(19)8-6-14/h4-8,10-11,16-17,19H,9,12H2,1-3H3. The van der Waals surface area contributed by atoms with Gasteiger partial charge in [-0.3, -0.25) is 0 Å². The zero-order valence-electron chi connectivity index (χ0n) is 12.4. The molecule has 3 nitrogen and oxygen atoms in total. The van der Waals surface area contributed by atoms with Crippen LogP contribution in [0, 0.1) is 0 Å². The summed E-state index contributed by atoms with van der Waals surface area (Å²) in [6.45, 7) is 2.18. The molecular formula is C17H23NO2. The fraction of sp³-hybridized carbons (Fsp3) is 0.412. The molecule has 0 bridgehead atoms.